The molecule has 0 bridgehead atoms. The van der Waals surface area contributed by atoms with Crippen LogP contribution in [0.4, 0.5) is 5.69 Å². The molecule has 1 aromatic carbocycles. The minimum absolute atomic E-state index is 0.0403. The maximum atomic E-state index is 11.1. The Morgan fingerprint density at radius 1 is 1.27 bits per heavy atom. The Hall–Kier alpha value is -0.180. The summed E-state index contributed by atoms with van der Waals surface area (Å²) in [5.74, 6) is 0. The van der Waals surface area contributed by atoms with Crippen LogP contribution in [-0.2, 0) is 9.05 Å². The van der Waals surface area contributed by atoms with Gasteiger partial charge in [0, 0.05) is 31.8 Å². The van der Waals surface area contributed by atoms with Crippen molar-refractivity contribution in [2.75, 3.05) is 0 Å². The van der Waals surface area contributed by atoms with Crippen LogP contribution in [0, 0.1) is 10.1 Å². The monoisotopic (exact) mass is 377 g/mol. The molecular weight excluding hydrogens is 377 g/mol. The molecule has 0 amide bonds. The average molecular weight is 379 g/mol. The Morgan fingerprint density at radius 2 is 1.67 bits per heavy atom. The number of hydrogen-bond donors (Lipinski definition) is 0. The number of rotatable bonds is 2. The lowest BCUT2D eigenvalue weighted by molar-refractivity contribution is -0.385. The van der Waals surface area contributed by atoms with Crippen LogP contribution in [0.3, 0.4) is 0 Å². The highest BCUT2D eigenvalue weighted by atomic mass is 79.9. The van der Waals surface area contributed by atoms with E-state index in [9.17, 15) is 18.5 Å². The van der Waals surface area contributed by atoms with E-state index >= 15 is 0 Å². The summed E-state index contributed by atoms with van der Waals surface area (Å²) in [5.41, 5.74) is -0.238. The number of halogens is 3. The summed E-state index contributed by atoms with van der Waals surface area (Å²) in [6.07, 6.45) is 0. The highest BCUT2D eigenvalue weighted by Crippen LogP contribution is 2.35. The van der Waals surface area contributed by atoms with Crippen LogP contribution >= 0.6 is 42.5 Å². The van der Waals surface area contributed by atoms with Gasteiger partial charge in [-0.25, -0.2) is 8.42 Å². The quantitative estimate of drug-likeness (QED) is 0.450. The van der Waals surface area contributed by atoms with E-state index < -0.39 is 14.0 Å². The topological polar surface area (TPSA) is 77.3 Å². The molecule has 0 saturated heterocycles. The number of hydrogen-bond acceptors (Lipinski definition) is 4. The third kappa shape index (κ3) is 2.90. The first-order chi connectivity index (χ1) is 6.73. The molecule has 0 aromatic heterocycles. The van der Waals surface area contributed by atoms with Gasteiger partial charge in [-0.3, -0.25) is 10.1 Å². The van der Waals surface area contributed by atoms with E-state index in [0.717, 1.165) is 12.1 Å². The Kier molecular flexibility index (Phi) is 3.75. The van der Waals surface area contributed by atoms with Gasteiger partial charge in [0.2, 0.25) is 0 Å². The van der Waals surface area contributed by atoms with Crippen LogP contribution in [0.2, 0.25) is 0 Å². The molecule has 0 aliphatic heterocycles. The zero-order chi connectivity index (χ0) is 11.8. The van der Waals surface area contributed by atoms with Crippen LogP contribution in [0.5, 0.6) is 0 Å². The fourth-order valence-electron chi connectivity index (χ4n) is 0.885. The predicted molar refractivity (Wildman–Crippen MR) is 61.5 cm³/mol. The largest absolute Gasteiger partial charge is 0.271 e. The van der Waals surface area contributed by atoms with Gasteiger partial charge in [-0.1, -0.05) is 0 Å². The molecule has 0 N–H and O–H groups in total. The van der Waals surface area contributed by atoms with Gasteiger partial charge in [0.1, 0.15) is 4.90 Å². The van der Waals surface area contributed by atoms with Crippen molar-refractivity contribution in [3.05, 3.63) is 31.2 Å². The highest BCUT2D eigenvalue weighted by molar-refractivity contribution is 9.11. The fourth-order valence-corrected chi connectivity index (χ4v) is 4.97. The summed E-state index contributed by atoms with van der Waals surface area (Å²) in [7, 11) is 1.19. The van der Waals surface area contributed by atoms with Gasteiger partial charge >= 0.3 is 0 Å². The van der Waals surface area contributed by atoms with Gasteiger partial charge in [-0.15, -0.1) is 0 Å². The summed E-state index contributed by atoms with van der Waals surface area (Å²) >= 11 is 5.81. The second-order valence-electron chi connectivity index (χ2n) is 2.43. The zero-order valence-corrected chi connectivity index (χ0v) is 11.5. The second kappa shape index (κ2) is 4.36. The Labute approximate surface area is 106 Å². The molecule has 0 spiro atoms. The lowest BCUT2D eigenvalue weighted by Crippen LogP contribution is -1.96. The summed E-state index contributed by atoms with van der Waals surface area (Å²) < 4.78 is 22.3. The van der Waals surface area contributed by atoms with Crippen molar-refractivity contribution in [3.63, 3.8) is 0 Å². The maximum absolute atomic E-state index is 11.1. The molecule has 0 aliphatic carbocycles. The molecule has 0 fully saturated rings. The molecule has 0 radical (unpaired) electrons. The molecule has 1 rings (SSSR count). The van der Waals surface area contributed by atoms with Gasteiger partial charge in [-0.2, -0.15) is 0 Å². The molecule has 0 heterocycles. The van der Waals surface area contributed by atoms with Gasteiger partial charge in [0.15, 0.2) is 0 Å². The van der Waals surface area contributed by atoms with Crippen LogP contribution in [0.15, 0.2) is 26.0 Å². The minimum Gasteiger partial charge on any atom is -0.258 e. The third-order valence-corrected chi connectivity index (χ3v) is 4.60. The van der Waals surface area contributed by atoms with Crippen molar-refractivity contribution in [2.24, 2.45) is 0 Å². The number of non-ortho nitro benzene ring substituents is 1. The first kappa shape index (κ1) is 12.9. The number of benzene rings is 1. The zero-order valence-electron chi connectivity index (χ0n) is 6.78. The number of nitrogens with zero attached hydrogens (tertiary/aromatic N) is 1. The van der Waals surface area contributed by atoms with E-state index in [1.54, 1.807) is 0 Å². The van der Waals surface area contributed by atoms with Crippen LogP contribution in [0.1, 0.15) is 0 Å². The Balaban J connectivity index is 3.55. The Morgan fingerprint density at radius 3 is 1.93 bits per heavy atom. The summed E-state index contributed by atoms with van der Waals surface area (Å²) in [6.45, 7) is 0. The molecule has 1 aromatic rings. The summed E-state index contributed by atoms with van der Waals surface area (Å²) in [5, 5.41) is 10.4. The van der Waals surface area contributed by atoms with Crippen molar-refractivity contribution in [2.45, 2.75) is 4.90 Å². The maximum Gasteiger partial charge on any atom is 0.271 e. The van der Waals surface area contributed by atoms with Crippen molar-refractivity contribution < 1.29 is 13.3 Å². The van der Waals surface area contributed by atoms with Crippen molar-refractivity contribution in [1.29, 1.82) is 0 Å². The van der Waals surface area contributed by atoms with E-state index in [-0.39, 0.29) is 19.5 Å². The average Bonchev–Trinajstić information content (AvgIpc) is 1.99. The van der Waals surface area contributed by atoms with Gasteiger partial charge in [-0.05, 0) is 31.9 Å². The van der Waals surface area contributed by atoms with E-state index in [1.165, 1.54) is 0 Å². The molecule has 5 nitrogen and oxygen atoms in total. The predicted octanol–water partition coefficient (Wildman–Crippen LogP) is 3.05. The molecule has 0 unspecified atom stereocenters. The normalized spacial score (nSPS) is 11.4. The van der Waals surface area contributed by atoms with Crippen LogP contribution in [-0.4, -0.2) is 13.3 Å². The highest BCUT2D eigenvalue weighted by Gasteiger charge is 2.22. The minimum atomic E-state index is -3.95. The van der Waals surface area contributed by atoms with Crippen molar-refractivity contribution in [1.82, 2.24) is 0 Å². The Bertz CT molecular complexity index is 507. The first-order valence-electron chi connectivity index (χ1n) is 3.31. The third-order valence-electron chi connectivity index (χ3n) is 1.44. The van der Waals surface area contributed by atoms with Crippen LogP contribution < -0.4 is 0 Å². The van der Waals surface area contributed by atoms with E-state index in [0.29, 0.717) is 0 Å². The van der Waals surface area contributed by atoms with E-state index in [4.69, 9.17) is 10.7 Å². The van der Waals surface area contributed by atoms with E-state index in [2.05, 4.69) is 31.9 Å². The van der Waals surface area contributed by atoms with Gasteiger partial charge < -0.3 is 0 Å². The van der Waals surface area contributed by atoms with Crippen LogP contribution in [0.25, 0.3) is 0 Å². The first-order valence-corrected chi connectivity index (χ1v) is 7.21. The molecule has 0 saturated carbocycles. The number of nitro benzene ring substituents is 1. The summed E-state index contributed by atoms with van der Waals surface area (Å²) in [4.78, 5) is 9.58. The molecule has 82 valence electrons. The smallest absolute Gasteiger partial charge is 0.258 e. The van der Waals surface area contributed by atoms with E-state index in [1.807, 2.05) is 0 Å². The van der Waals surface area contributed by atoms with Crippen molar-refractivity contribution in [3.8, 4) is 0 Å². The van der Waals surface area contributed by atoms with Crippen molar-refractivity contribution >= 4 is 57.3 Å². The fraction of sp³-hybridized carbons (Fsp3) is 0. The second-order valence-corrected chi connectivity index (χ2v) is 6.64. The van der Waals surface area contributed by atoms with Gasteiger partial charge in [0.25, 0.3) is 14.7 Å². The molecular formula is C6H2Br2ClNO4S. The van der Waals surface area contributed by atoms with Gasteiger partial charge in [0.05, 0.1) is 4.92 Å². The standard InChI is InChI=1S/C6H2Br2ClNO4S/c7-4-1-3(10(11)12)2-5(8)6(4)15(9,13)14/h1-2H. The molecule has 9 heteroatoms. The molecule has 0 atom stereocenters. The number of nitro groups is 1. The summed E-state index contributed by atoms with van der Waals surface area (Å²) in [6, 6.07) is 2.14. The lowest BCUT2D eigenvalue weighted by Gasteiger charge is -2.03. The molecule has 15 heavy (non-hydrogen) atoms. The molecule has 0 aliphatic rings. The SMILES string of the molecule is O=[N+]([O-])c1cc(Br)c(S(=O)(=O)Cl)c(Br)c1. The lowest BCUT2D eigenvalue weighted by atomic mass is 10.3.